The summed E-state index contributed by atoms with van der Waals surface area (Å²) < 4.78 is 6.01. The van der Waals surface area contributed by atoms with Crippen LogP contribution in [0.1, 0.15) is 66.2 Å². The van der Waals surface area contributed by atoms with Crippen LogP contribution in [-0.4, -0.2) is 34.6 Å². The van der Waals surface area contributed by atoms with Crippen molar-refractivity contribution in [2.45, 2.75) is 84.0 Å². The molecule has 5 unspecified atom stereocenters. The maximum atomic E-state index is 10.3. The number of rotatable bonds is 5. The van der Waals surface area contributed by atoms with Gasteiger partial charge in [0.15, 0.2) is 0 Å². The maximum absolute atomic E-state index is 10.3. The van der Waals surface area contributed by atoms with Crippen molar-refractivity contribution in [3.63, 3.8) is 0 Å². The molecule has 0 amide bonds. The largest absolute Gasteiger partial charge is 0.393 e. The minimum Gasteiger partial charge on any atom is -0.393 e. The van der Waals surface area contributed by atoms with E-state index in [-0.39, 0.29) is 17.6 Å². The Bertz CT molecular complexity index is 323. The van der Waals surface area contributed by atoms with Gasteiger partial charge in [0.25, 0.3) is 0 Å². The first-order valence-corrected chi connectivity index (χ1v) is 8.26. The van der Waals surface area contributed by atoms with E-state index in [4.69, 9.17) is 4.74 Å². The Labute approximate surface area is 123 Å². The molecule has 2 aliphatic carbocycles. The van der Waals surface area contributed by atoms with Crippen LogP contribution < -0.4 is 0 Å². The van der Waals surface area contributed by atoms with E-state index in [0.29, 0.717) is 24.9 Å². The minimum atomic E-state index is -0.650. The van der Waals surface area contributed by atoms with Crippen molar-refractivity contribution in [3.8, 4) is 0 Å². The molecule has 2 rings (SSSR count). The number of fused-ring (bicyclic) bond motifs is 1. The van der Waals surface area contributed by atoms with Crippen LogP contribution >= 0.6 is 0 Å². The molecule has 0 aromatic carbocycles. The van der Waals surface area contributed by atoms with Crippen molar-refractivity contribution in [2.24, 2.45) is 17.3 Å². The summed E-state index contributed by atoms with van der Waals surface area (Å²) in [6.45, 7) is 8.79. The monoisotopic (exact) mass is 284 g/mol. The summed E-state index contributed by atoms with van der Waals surface area (Å²) in [6.07, 6.45) is 6.43. The van der Waals surface area contributed by atoms with E-state index in [9.17, 15) is 10.2 Å². The summed E-state index contributed by atoms with van der Waals surface area (Å²) in [7, 11) is 0. The lowest BCUT2D eigenvalue weighted by atomic mass is 9.63. The Kier molecular flexibility index (Phi) is 4.83. The van der Waals surface area contributed by atoms with Crippen molar-refractivity contribution in [1.29, 1.82) is 0 Å². The average molecular weight is 284 g/mol. The zero-order valence-corrected chi connectivity index (χ0v) is 13.6. The number of aliphatic hydroxyl groups is 2. The third-order valence-corrected chi connectivity index (χ3v) is 5.82. The molecule has 5 atom stereocenters. The van der Waals surface area contributed by atoms with Crippen molar-refractivity contribution in [2.75, 3.05) is 6.61 Å². The normalized spacial score (nSPS) is 39.6. The molecule has 3 nitrogen and oxygen atoms in total. The van der Waals surface area contributed by atoms with E-state index in [1.807, 2.05) is 13.8 Å². The third kappa shape index (κ3) is 3.37. The van der Waals surface area contributed by atoms with Crippen molar-refractivity contribution in [3.05, 3.63) is 0 Å². The van der Waals surface area contributed by atoms with Crippen molar-refractivity contribution >= 4 is 0 Å². The van der Waals surface area contributed by atoms with Gasteiger partial charge in [0, 0.05) is 6.61 Å². The lowest BCUT2D eigenvalue weighted by molar-refractivity contribution is -0.0725. The van der Waals surface area contributed by atoms with Gasteiger partial charge in [-0.25, -0.2) is 0 Å². The van der Waals surface area contributed by atoms with Crippen molar-refractivity contribution < 1.29 is 14.9 Å². The first-order chi connectivity index (χ1) is 9.24. The molecule has 20 heavy (non-hydrogen) atoms. The van der Waals surface area contributed by atoms with E-state index in [1.54, 1.807) is 0 Å². The summed E-state index contributed by atoms with van der Waals surface area (Å²) in [6, 6.07) is 0. The smallest absolute Gasteiger partial charge is 0.0613 e. The average Bonchev–Trinajstić information content (AvgIpc) is 2.66. The fraction of sp³-hybridized carbons (Fsp3) is 1.00. The van der Waals surface area contributed by atoms with Gasteiger partial charge in [-0.2, -0.15) is 0 Å². The molecule has 0 aromatic heterocycles. The molecule has 0 bridgehead atoms. The molecule has 3 heteroatoms. The molecule has 0 aromatic rings. The van der Waals surface area contributed by atoms with Crippen LogP contribution in [0.15, 0.2) is 0 Å². The first kappa shape index (κ1) is 16.3. The van der Waals surface area contributed by atoms with Crippen LogP contribution in [0.2, 0.25) is 0 Å². The zero-order valence-electron chi connectivity index (χ0n) is 13.6. The molecule has 0 spiro atoms. The highest BCUT2D eigenvalue weighted by Gasteiger charge is 2.52. The maximum Gasteiger partial charge on any atom is 0.0613 e. The molecule has 2 N–H and O–H groups in total. The molecule has 0 saturated heterocycles. The van der Waals surface area contributed by atoms with Crippen LogP contribution in [0.5, 0.6) is 0 Å². The zero-order chi connectivity index (χ0) is 15.0. The quantitative estimate of drug-likeness (QED) is 0.815. The third-order valence-electron chi connectivity index (χ3n) is 5.82. The highest BCUT2D eigenvalue weighted by molar-refractivity contribution is 5.02. The van der Waals surface area contributed by atoms with Crippen LogP contribution in [0, 0.1) is 17.3 Å². The van der Waals surface area contributed by atoms with Crippen LogP contribution in [-0.2, 0) is 4.74 Å². The van der Waals surface area contributed by atoms with Gasteiger partial charge in [0.05, 0.1) is 17.8 Å². The Morgan fingerprint density at radius 3 is 2.65 bits per heavy atom. The fourth-order valence-corrected chi connectivity index (χ4v) is 4.57. The second-order valence-corrected chi connectivity index (χ2v) is 7.89. The SMILES string of the molecule is CC(OCCC(C)(C)O)C1CCC2C(O)CCCC21C. The van der Waals surface area contributed by atoms with Crippen LogP contribution in [0.25, 0.3) is 0 Å². The molecule has 2 fully saturated rings. The van der Waals surface area contributed by atoms with Gasteiger partial charge in [0.2, 0.25) is 0 Å². The summed E-state index contributed by atoms with van der Waals surface area (Å²) in [5.41, 5.74) is -0.408. The summed E-state index contributed by atoms with van der Waals surface area (Å²) in [5.74, 6) is 1.01. The van der Waals surface area contributed by atoms with Gasteiger partial charge in [-0.3, -0.25) is 0 Å². The molecular formula is C17H32O3. The second-order valence-electron chi connectivity index (χ2n) is 7.89. The standard InChI is InChI=1S/C17H32O3/c1-12(20-11-10-16(2,3)19)13-7-8-14-15(18)6-5-9-17(13,14)4/h12-15,18-19H,5-11H2,1-4H3. The Hall–Kier alpha value is -0.120. The predicted octanol–water partition coefficient (Wildman–Crippen LogP) is 3.13. The molecule has 2 aliphatic rings. The van der Waals surface area contributed by atoms with E-state index >= 15 is 0 Å². The predicted molar refractivity (Wildman–Crippen MR) is 80.5 cm³/mol. The molecule has 0 aliphatic heterocycles. The van der Waals surface area contributed by atoms with Crippen LogP contribution in [0.3, 0.4) is 0 Å². The highest BCUT2D eigenvalue weighted by atomic mass is 16.5. The fourth-order valence-electron chi connectivity index (χ4n) is 4.57. The molecule has 0 heterocycles. The van der Waals surface area contributed by atoms with Gasteiger partial charge in [-0.1, -0.05) is 13.3 Å². The topological polar surface area (TPSA) is 49.7 Å². The summed E-state index contributed by atoms with van der Waals surface area (Å²) in [4.78, 5) is 0. The van der Waals surface area contributed by atoms with E-state index in [1.165, 1.54) is 12.8 Å². The molecule has 0 radical (unpaired) electrons. The molecular weight excluding hydrogens is 252 g/mol. The summed E-state index contributed by atoms with van der Waals surface area (Å²) in [5, 5.41) is 20.0. The Morgan fingerprint density at radius 1 is 1.30 bits per heavy atom. The second kappa shape index (κ2) is 5.94. The number of ether oxygens (including phenoxy) is 1. The van der Waals surface area contributed by atoms with Gasteiger partial charge < -0.3 is 14.9 Å². The van der Waals surface area contributed by atoms with Crippen molar-refractivity contribution in [1.82, 2.24) is 0 Å². The van der Waals surface area contributed by atoms with Crippen LogP contribution in [0.4, 0.5) is 0 Å². The Morgan fingerprint density at radius 2 is 2.00 bits per heavy atom. The number of hydrogen-bond acceptors (Lipinski definition) is 3. The summed E-state index contributed by atoms with van der Waals surface area (Å²) >= 11 is 0. The lowest BCUT2D eigenvalue weighted by Gasteiger charge is -2.45. The lowest BCUT2D eigenvalue weighted by Crippen LogP contribution is -2.43. The minimum absolute atomic E-state index is 0.109. The molecule has 118 valence electrons. The number of hydrogen-bond donors (Lipinski definition) is 2. The first-order valence-electron chi connectivity index (χ1n) is 8.26. The van der Waals surface area contributed by atoms with Gasteiger partial charge in [0.1, 0.15) is 0 Å². The molecule has 2 saturated carbocycles. The highest BCUT2D eigenvalue weighted by Crippen LogP contribution is 2.56. The van der Waals surface area contributed by atoms with E-state index in [2.05, 4.69) is 13.8 Å². The van der Waals surface area contributed by atoms with Gasteiger partial charge >= 0.3 is 0 Å². The van der Waals surface area contributed by atoms with Gasteiger partial charge in [-0.05, 0) is 70.1 Å². The van der Waals surface area contributed by atoms with E-state index < -0.39 is 5.60 Å². The Balaban J connectivity index is 1.92. The van der Waals surface area contributed by atoms with Gasteiger partial charge in [-0.15, -0.1) is 0 Å². The van der Waals surface area contributed by atoms with E-state index in [0.717, 1.165) is 19.3 Å². The number of aliphatic hydroxyl groups excluding tert-OH is 1.